The number of aliphatic hydroxyl groups excluding tert-OH is 2. The molecule has 4 aromatic heterocycles. The second kappa shape index (κ2) is 32.3. The molecule has 4 saturated carbocycles. The summed E-state index contributed by atoms with van der Waals surface area (Å²) in [5.41, 5.74) is 20.1. The van der Waals surface area contributed by atoms with Crippen LogP contribution in [0.2, 0.25) is 0 Å². The van der Waals surface area contributed by atoms with Gasteiger partial charge in [-0.1, -0.05) is 27.4 Å². The van der Waals surface area contributed by atoms with Crippen LogP contribution in [0, 0.1) is 23.6 Å². The van der Waals surface area contributed by atoms with Gasteiger partial charge in [0.25, 0.3) is 23.6 Å². The molecule has 28 heteroatoms. The number of carbonyl (C=O) groups is 4. The van der Waals surface area contributed by atoms with Gasteiger partial charge in [0, 0.05) is 95.8 Å². The van der Waals surface area contributed by atoms with E-state index in [0.29, 0.717) is 12.4 Å². The van der Waals surface area contributed by atoms with Crippen molar-refractivity contribution in [3.8, 4) is 0 Å². The zero-order valence-electron chi connectivity index (χ0n) is 75.3. The van der Waals surface area contributed by atoms with Crippen LogP contribution >= 0.6 is 0 Å². The molecule has 20 N–H and O–H groups in total. The first-order valence-corrected chi connectivity index (χ1v) is 29.9. The Hall–Kier alpha value is -7.56. The molecule has 0 aromatic carbocycles. The zero-order chi connectivity index (χ0) is 87.0. The minimum atomic E-state index is -2.90. The lowest BCUT2D eigenvalue weighted by molar-refractivity contribution is 0.0737. The molecular formula is C64H108N20O8. The fourth-order valence-electron chi connectivity index (χ4n) is 9.03. The molecule has 4 fully saturated rings. The van der Waals surface area contributed by atoms with Gasteiger partial charge in [0.15, 0.2) is 0 Å². The molecule has 92 heavy (non-hydrogen) atoms. The van der Waals surface area contributed by atoms with E-state index in [1.54, 1.807) is 0 Å². The molecule has 0 bridgehead atoms. The van der Waals surface area contributed by atoms with Crippen LogP contribution in [0.4, 0.5) is 47.1 Å². The van der Waals surface area contributed by atoms with Gasteiger partial charge >= 0.3 is 0 Å². The van der Waals surface area contributed by atoms with Crippen LogP contribution < -0.4 is 65.5 Å². The molecule has 0 saturated heterocycles. The Morgan fingerprint density at radius 3 is 1.04 bits per heavy atom. The number of aromatic nitrogens is 8. The SMILES string of the molecule is [2H]C([2H])([2H])C1([2H])CCC(Nc2nc(NC(C)(C)C)ncc2C(N)=O)CC1([2H])O.[2H]C([2H])([2H])C1([2H])CCC(Nc2nc(NC(C)(C)C)ncc2C(N)=O)CC1O.[2H]C1(Nc2nc(NC(C)(C)C)ncc2C(N)=O)CCC([2H])(C([2H])([2H])[2H])C([2H])(O)C1.[2H]C1([2H])C(Nc2nc(NC(C)(C)C)ncc2C(N)=O)CCC([2H])(C([2H])([2H])[2H])C1O. The van der Waals surface area contributed by atoms with E-state index in [1.165, 1.54) is 24.8 Å². The van der Waals surface area contributed by atoms with Crippen molar-refractivity contribution in [1.29, 1.82) is 0 Å². The van der Waals surface area contributed by atoms with Gasteiger partial charge in [-0.15, -0.1) is 0 Å². The summed E-state index contributed by atoms with van der Waals surface area (Å²) in [7, 11) is 0. The Balaban J connectivity index is 0.000000269. The number of primary amides is 4. The Bertz CT molecular complexity index is 4050. The van der Waals surface area contributed by atoms with Gasteiger partial charge in [0.05, 0.1) is 50.7 Å². The van der Waals surface area contributed by atoms with Crippen LogP contribution in [0.1, 0.15) is 258 Å². The Morgan fingerprint density at radius 1 is 0.424 bits per heavy atom. The van der Waals surface area contributed by atoms with Gasteiger partial charge in [0.2, 0.25) is 23.8 Å². The van der Waals surface area contributed by atoms with Crippen molar-refractivity contribution in [2.24, 2.45) is 46.5 Å². The number of nitrogens with two attached hydrogens (primary N) is 4. The van der Waals surface area contributed by atoms with E-state index in [1.807, 2.05) is 83.1 Å². The average Bonchev–Trinajstić information content (AvgIpc) is 0.745. The van der Waals surface area contributed by atoms with Crippen molar-refractivity contribution in [2.45, 2.75) is 258 Å². The van der Waals surface area contributed by atoms with Crippen LogP contribution in [-0.4, -0.2) is 155 Å². The predicted molar refractivity (Wildman–Crippen MR) is 361 cm³/mol. The highest BCUT2D eigenvalue weighted by Crippen LogP contribution is 2.32. The molecule has 8 rings (SSSR count). The number of hydrogen-bond donors (Lipinski definition) is 16. The van der Waals surface area contributed by atoms with Gasteiger partial charge in [-0.2, -0.15) is 19.9 Å². The third-order valence-electron chi connectivity index (χ3n) is 13.5. The molecule has 4 aromatic rings. The van der Waals surface area contributed by atoms with Crippen LogP contribution in [0.3, 0.4) is 0 Å². The lowest BCUT2D eigenvalue weighted by Crippen LogP contribution is -2.36. The van der Waals surface area contributed by atoms with Gasteiger partial charge in [-0.25, -0.2) is 19.9 Å². The quantitative estimate of drug-likeness (QED) is 0.0537. The third-order valence-corrected chi connectivity index (χ3v) is 13.5. The van der Waals surface area contributed by atoms with Crippen LogP contribution in [0.5, 0.6) is 0 Å². The molecule has 0 aliphatic heterocycles. The topological polar surface area (TPSA) is 453 Å². The molecule has 12 unspecified atom stereocenters. The summed E-state index contributed by atoms with van der Waals surface area (Å²) in [6, 6.07) is -3.77. The summed E-state index contributed by atoms with van der Waals surface area (Å²) in [5, 5.41) is 65.3. The van der Waals surface area contributed by atoms with Gasteiger partial charge in [0.1, 0.15) is 23.3 Å². The largest absolute Gasteiger partial charge is 0.393 e. The smallest absolute Gasteiger partial charge is 0.254 e. The fraction of sp³-hybridized carbons (Fsp3) is 0.688. The highest BCUT2D eigenvalue weighted by molar-refractivity contribution is 5.99. The minimum absolute atomic E-state index is 0.00752. The number of amides is 4. The second-order valence-corrected chi connectivity index (χ2v) is 26.6. The summed E-state index contributed by atoms with van der Waals surface area (Å²) in [5.74, 6) is -10.9. The van der Waals surface area contributed by atoms with E-state index in [9.17, 15) is 39.6 Å². The maximum atomic E-state index is 11.8. The van der Waals surface area contributed by atoms with E-state index < -0.39 is 136 Å². The van der Waals surface area contributed by atoms with Crippen molar-refractivity contribution in [3.63, 3.8) is 0 Å². The minimum Gasteiger partial charge on any atom is -0.393 e. The molecule has 12 atom stereocenters. The molecule has 4 heterocycles. The molecule has 4 aliphatic rings. The maximum absolute atomic E-state index is 11.8. The second-order valence-electron chi connectivity index (χ2n) is 26.6. The van der Waals surface area contributed by atoms with Crippen LogP contribution in [-0.2, 0) is 0 Å². The van der Waals surface area contributed by atoms with Gasteiger partial charge in [-0.3, -0.25) is 19.2 Å². The number of aliphatic hydroxyl groups is 4. The van der Waals surface area contributed by atoms with Crippen molar-refractivity contribution < 1.29 is 68.4 Å². The van der Waals surface area contributed by atoms with E-state index >= 15 is 0 Å². The van der Waals surface area contributed by atoms with Crippen molar-refractivity contribution in [3.05, 3.63) is 47.0 Å². The lowest BCUT2D eigenvalue weighted by atomic mass is 9.85. The van der Waals surface area contributed by atoms with E-state index in [4.69, 9.17) is 51.7 Å². The maximum Gasteiger partial charge on any atom is 0.254 e. The van der Waals surface area contributed by atoms with E-state index in [-0.39, 0.29) is 143 Å². The summed E-state index contributed by atoms with van der Waals surface area (Å²) in [6.07, 6.45) is -7.70. The number of nitrogens with zero attached hydrogens (tertiary/aromatic N) is 8. The highest BCUT2D eigenvalue weighted by Gasteiger charge is 2.32. The standard InChI is InChI=1S/4C16H27N5O2/c4*1-9-5-6-10(7-12(9)22)19-14-11(13(17)23)8-18-15(20-14)21-16(2,3)4/h4*8-10,12,22H,5-7H2,1-4H3,(H2,17,23)(H2,18,19,20,21)/i1D3,9D,10D,12D;1D3,9D,12D;1D3,7D2,9D;1D3,9D. The van der Waals surface area contributed by atoms with Gasteiger partial charge < -0.3 is 85.9 Å². The molecular weight excluding hydrogens is 1180 g/mol. The predicted octanol–water partition coefficient (Wildman–Crippen LogP) is 6.99. The van der Waals surface area contributed by atoms with E-state index in [2.05, 4.69) is 82.4 Å². The Morgan fingerprint density at radius 2 is 0.717 bits per heavy atom. The first-order valence-electron chi connectivity index (χ1n) is 40.4. The molecule has 4 amide bonds. The molecule has 0 radical (unpaired) electrons. The van der Waals surface area contributed by atoms with Crippen molar-refractivity contribution >= 4 is 70.7 Å². The molecule has 512 valence electrons. The first kappa shape index (κ1) is 49.1. The number of nitrogens with one attached hydrogen (secondary N) is 8. The Kier molecular flexibility index (Phi) is 17.2. The van der Waals surface area contributed by atoms with Crippen LogP contribution in [0.25, 0.3) is 0 Å². The third kappa shape index (κ3) is 24.8. The lowest BCUT2D eigenvalue weighted by Gasteiger charge is -2.32. The number of carbonyl (C=O) groups excluding carboxylic acids is 4. The number of hydrogen-bond acceptors (Lipinski definition) is 24. The zero-order valence-corrected chi connectivity index (χ0v) is 54.3. The number of rotatable bonds is 16. The summed E-state index contributed by atoms with van der Waals surface area (Å²) >= 11 is 0. The van der Waals surface area contributed by atoms with Gasteiger partial charge in [-0.05, 0) is 184 Å². The Labute approximate surface area is 572 Å². The summed E-state index contributed by atoms with van der Waals surface area (Å²) < 4.78 is 164. The first-order chi connectivity index (χ1) is 50.7. The average molecular weight is 1310 g/mol. The van der Waals surface area contributed by atoms with Crippen molar-refractivity contribution in [2.75, 3.05) is 42.5 Å². The molecule has 0 spiro atoms. The van der Waals surface area contributed by atoms with Crippen LogP contribution in [0.15, 0.2) is 24.8 Å². The number of anilines is 8. The summed E-state index contributed by atoms with van der Waals surface area (Å²) in [4.78, 5) is 80.1. The summed E-state index contributed by atoms with van der Waals surface area (Å²) in [6.45, 7) is 11.7. The monoisotopic (exact) mass is 1310 g/mol. The fourth-order valence-corrected chi connectivity index (χ4v) is 9.03. The van der Waals surface area contributed by atoms with Crippen molar-refractivity contribution in [1.82, 2.24) is 39.9 Å². The highest BCUT2D eigenvalue weighted by atomic mass is 16.3. The normalized spacial score (nSPS) is 35.0. The molecule has 28 nitrogen and oxygen atoms in total. The van der Waals surface area contributed by atoms with E-state index in [0.717, 1.165) is 0 Å². The molecule has 4 aliphatic carbocycles.